The van der Waals surface area contributed by atoms with Gasteiger partial charge >= 0.3 is 5.97 Å². The molecule has 0 unspecified atom stereocenters. The lowest BCUT2D eigenvalue weighted by Crippen LogP contribution is -2.21. The molecule has 1 aromatic heterocycles. The highest BCUT2D eigenvalue weighted by Gasteiger charge is 2.16. The molecule has 138 valence electrons. The molecule has 0 saturated carbocycles. The maximum atomic E-state index is 13.2. The number of anilines is 1. The van der Waals surface area contributed by atoms with Gasteiger partial charge in [-0.15, -0.1) is 0 Å². The smallest absolute Gasteiger partial charge is 0.374 e. The Hall–Kier alpha value is -3.48. The van der Waals surface area contributed by atoms with Crippen molar-refractivity contribution in [1.29, 1.82) is 0 Å². The van der Waals surface area contributed by atoms with Crippen LogP contribution >= 0.6 is 0 Å². The molecule has 2 aromatic carbocycles. The number of esters is 1. The lowest BCUT2D eigenvalue weighted by molar-refractivity contribution is -0.119. The fourth-order valence-electron chi connectivity index (χ4n) is 2.45. The third-order valence-electron chi connectivity index (χ3n) is 3.87. The van der Waals surface area contributed by atoms with Crippen molar-refractivity contribution in [2.75, 3.05) is 11.9 Å². The van der Waals surface area contributed by atoms with E-state index in [1.165, 1.54) is 6.07 Å². The van der Waals surface area contributed by atoms with Crippen molar-refractivity contribution in [3.63, 3.8) is 0 Å². The molecule has 0 aliphatic heterocycles. The van der Waals surface area contributed by atoms with Crippen LogP contribution in [0.4, 0.5) is 10.1 Å². The summed E-state index contributed by atoms with van der Waals surface area (Å²) < 4.78 is 23.3. The monoisotopic (exact) mass is 369 g/mol. The summed E-state index contributed by atoms with van der Waals surface area (Å²) in [6, 6.07) is 11.6. The van der Waals surface area contributed by atoms with Gasteiger partial charge in [0.25, 0.3) is 5.91 Å². The van der Waals surface area contributed by atoms with Crippen molar-refractivity contribution >= 4 is 28.5 Å². The first-order valence-corrected chi connectivity index (χ1v) is 8.25. The molecular weight excluding hydrogens is 353 g/mol. The van der Waals surface area contributed by atoms with E-state index in [1.54, 1.807) is 12.1 Å². The molecule has 3 aromatic rings. The molecule has 27 heavy (non-hydrogen) atoms. The topological polar surface area (TPSA) is 85.6 Å². The first-order valence-electron chi connectivity index (χ1n) is 8.25. The zero-order valence-corrected chi connectivity index (χ0v) is 14.5. The summed E-state index contributed by atoms with van der Waals surface area (Å²) in [5.74, 6) is -2.44. The van der Waals surface area contributed by atoms with E-state index in [0.717, 1.165) is 30.2 Å². The van der Waals surface area contributed by atoms with Gasteiger partial charge in [0, 0.05) is 11.8 Å². The van der Waals surface area contributed by atoms with Crippen molar-refractivity contribution in [2.24, 2.45) is 0 Å². The van der Waals surface area contributed by atoms with Crippen LogP contribution in [-0.2, 0) is 16.0 Å². The highest BCUT2D eigenvalue weighted by molar-refractivity contribution is 5.95. The molecule has 0 spiro atoms. The molecule has 6 nitrogen and oxygen atoms in total. The van der Waals surface area contributed by atoms with Crippen LogP contribution < -0.4 is 10.7 Å². The second-order valence-corrected chi connectivity index (χ2v) is 5.79. The molecule has 7 heteroatoms. The maximum absolute atomic E-state index is 13.2. The van der Waals surface area contributed by atoms with Crippen LogP contribution in [0.2, 0.25) is 0 Å². The summed E-state index contributed by atoms with van der Waals surface area (Å²) in [5.41, 5.74) is 1.18. The molecule has 0 fully saturated rings. The van der Waals surface area contributed by atoms with Crippen LogP contribution in [0.25, 0.3) is 11.0 Å². The average molecular weight is 369 g/mol. The summed E-state index contributed by atoms with van der Waals surface area (Å²) in [7, 11) is 0. The van der Waals surface area contributed by atoms with Gasteiger partial charge in [0.05, 0.1) is 5.39 Å². The fourth-order valence-corrected chi connectivity index (χ4v) is 2.45. The Kier molecular flexibility index (Phi) is 5.30. The van der Waals surface area contributed by atoms with E-state index in [4.69, 9.17) is 9.15 Å². The number of halogens is 1. The summed E-state index contributed by atoms with van der Waals surface area (Å²) >= 11 is 0. The molecule has 0 radical (unpaired) electrons. The third-order valence-corrected chi connectivity index (χ3v) is 3.87. The quantitative estimate of drug-likeness (QED) is 0.698. The zero-order chi connectivity index (χ0) is 19.4. The van der Waals surface area contributed by atoms with E-state index in [-0.39, 0.29) is 16.7 Å². The number of amides is 1. The number of carbonyl (C=O) groups is 2. The van der Waals surface area contributed by atoms with Gasteiger partial charge < -0.3 is 14.5 Å². The normalized spacial score (nSPS) is 10.6. The second-order valence-electron chi connectivity index (χ2n) is 5.79. The molecular formula is C20H16FNO5. The molecule has 0 aliphatic carbocycles. The average Bonchev–Trinajstić information content (AvgIpc) is 2.67. The number of carbonyl (C=O) groups excluding carboxylic acids is 2. The Balaban J connectivity index is 1.64. The summed E-state index contributed by atoms with van der Waals surface area (Å²) in [6.45, 7) is 1.48. The van der Waals surface area contributed by atoms with E-state index in [0.29, 0.717) is 5.69 Å². The molecule has 0 bridgehead atoms. The molecule has 0 atom stereocenters. The lowest BCUT2D eigenvalue weighted by atomic mass is 10.1. The first-order chi connectivity index (χ1) is 13.0. The number of hydrogen-bond acceptors (Lipinski definition) is 5. The van der Waals surface area contributed by atoms with E-state index >= 15 is 0 Å². The number of hydrogen-bond donors (Lipinski definition) is 1. The van der Waals surface area contributed by atoms with Gasteiger partial charge in [-0.05, 0) is 42.3 Å². The Bertz CT molecular complexity index is 1060. The highest BCUT2D eigenvalue weighted by Crippen LogP contribution is 2.15. The highest BCUT2D eigenvalue weighted by atomic mass is 19.1. The number of rotatable bonds is 5. The van der Waals surface area contributed by atoms with Gasteiger partial charge in [-0.3, -0.25) is 9.59 Å². The third kappa shape index (κ3) is 4.38. The van der Waals surface area contributed by atoms with Crippen molar-refractivity contribution in [2.45, 2.75) is 13.3 Å². The van der Waals surface area contributed by atoms with Gasteiger partial charge in [0.15, 0.2) is 12.0 Å². The van der Waals surface area contributed by atoms with Crippen molar-refractivity contribution in [3.8, 4) is 0 Å². The number of nitrogens with one attached hydrogen (secondary N) is 1. The van der Waals surface area contributed by atoms with Gasteiger partial charge in [-0.2, -0.15) is 0 Å². The predicted molar refractivity (Wildman–Crippen MR) is 97.2 cm³/mol. The first kappa shape index (κ1) is 18.3. The van der Waals surface area contributed by atoms with E-state index in [1.807, 2.05) is 19.1 Å². The van der Waals surface area contributed by atoms with Gasteiger partial charge in [-0.25, -0.2) is 9.18 Å². The summed E-state index contributed by atoms with van der Waals surface area (Å²) in [6.07, 6.45) is 0.884. The van der Waals surface area contributed by atoms with Gasteiger partial charge in [0.2, 0.25) is 5.76 Å². The van der Waals surface area contributed by atoms with Crippen LogP contribution in [0.15, 0.2) is 57.7 Å². The van der Waals surface area contributed by atoms with Crippen LogP contribution in [0.3, 0.4) is 0 Å². The predicted octanol–water partition coefficient (Wildman–Crippen LogP) is 3.29. The molecule has 0 aliphatic rings. The van der Waals surface area contributed by atoms with Crippen molar-refractivity contribution in [1.82, 2.24) is 0 Å². The summed E-state index contributed by atoms with van der Waals surface area (Å²) in [5, 5.41) is 2.61. The molecule has 3 rings (SSSR count). The largest absolute Gasteiger partial charge is 0.450 e. The van der Waals surface area contributed by atoms with Crippen LogP contribution in [0.5, 0.6) is 0 Å². The Morgan fingerprint density at radius 2 is 1.85 bits per heavy atom. The van der Waals surface area contributed by atoms with E-state index in [2.05, 4.69) is 5.32 Å². The Morgan fingerprint density at radius 3 is 2.56 bits per heavy atom. The Labute approximate surface area is 153 Å². The van der Waals surface area contributed by atoms with Crippen LogP contribution in [0.1, 0.15) is 23.0 Å². The van der Waals surface area contributed by atoms with Gasteiger partial charge in [0.1, 0.15) is 11.4 Å². The maximum Gasteiger partial charge on any atom is 0.374 e. The second kappa shape index (κ2) is 7.82. The minimum Gasteiger partial charge on any atom is -0.450 e. The van der Waals surface area contributed by atoms with Crippen molar-refractivity contribution in [3.05, 3.63) is 75.9 Å². The number of benzene rings is 2. The van der Waals surface area contributed by atoms with Gasteiger partial charge in [-0.1, -0.05) is 19.1 Å². The Morgan fingerprint density at radius 1 is 1.11 bits per heavy atom. The van der Waals surface area contributed by atoms with E-state index in [9.17, 15) is 18.8 Å². The zero-order valence-electron chi connectivity index (χ0n) is 14.5. The minimum atomic E-state index is -0.963. The molecule has 1 N–H and O–H groups in total. The van der Waals surface area contributed by atoms with Crippen LogP contribution in [0, 0.1) is 5.82 Å². The SMILES string of the molecule is CCc1ccc(NC(=O)COC(=O)c2cc(=O)c3cc(F)ccc3o2)cc1. The van der Waals surface area contributed by atoms with E-state index < -0.39 is 29.7 Å². The number of fused-ring (bicyclic) bond motifs is 1. The molecule has 1 amide bonds. The fraction of sp³-hybridized carbons (Fsp3) is 0.150. The lowest BCUT2D eigenvalue weighted by Gasteiger charge is -2.07. The number of ether oxygens (including phenoxy) is 1. The minimum absolute atomic E-state index is 0.0137. The number of aryl methyl sites for hydroxylation is 1. The standard InChI is InChI=1S/C20H16FNO5/c1-2-12-3-6-14(7-4-12)22-19(24)11-26-20(25)18-10-16(23)15-9-13(21)5-8-17(15)27-18/h3-10H,2,11H2,1H3,(H,22,24). The van der Waals surface area contributed by atoms with Crippen LogP contribution in [-0.4, -0.2) is 18.5 Å². The molecule has 0 saturated heterocycles. The summed E-state index contributed by atoms with van der Waals surface area (Å²) in [4.78, 5) is 35.9. The van der Waals surface area contributed by atoms with Crippen molar-refractivity contribution < 1.29 is 23.1 Å². The molecule has 1 heterocycles.